The third-order valence-electron chi connectivity index (χ3n) is 3.34. The van der Waals surface area contributed by atoms with Gasteiger partial charge in [0.1, 0.15) is 0 Å². The Kier molecular flexibility index (Phi) is 3.41. The van der Waals surface area contributed by atoms with Crippen LogP contribution >= 0.6 is 0 Å². The van der Waals surface area contributed by atoms with Crippen molar-refractivity contribution < 1.29 is 4.74 Å². The van der Waals surface area contributed by atoms with Gasteiger partial charge >= 0.3 is 0 Å². The Morgan fingerprint density at radius 1 is 1.25 bits per heavy atom. The SMILES string of the molecule is COc1cc(C)nc(Nc2ccc3c(c2)CCCN3)n1. The van der Waals surface area contributed by atoms with Crippen LogP contribution in [-0.4, -0.2) is 23.6 Å². The van der Waals surface area contributed by atoms with Crippen LogP contribution in [0.25, 0.3) is 0 Å². The Hall–Kier alpha value is -2.30. The van der Waals surface area contributed by atoms with Crippen molar-refractivity contribution in [2.24, 2.45) is 0 Å². The molecule has 0 spiro atoms. The lowest BCUT2D eigenvalue weighted by atomic mass is 10.0. The van der Waals surface area contributed by atoms with E-state index in [2.05, 4.69) is 32.7 Å². The summed E-state index contributed by atoms with van der Waals surface area (Å²) in [6.07, 6.45) is 2.28. The van der Waals surface area contributed by atoms with Crippen LogP contribution in [0.2, 0.25) is 0 Å². The number of fused-ring (bicyclic) bond motifs is 1. The molecular weight excluding hydrogens is 252 g/mol. The summed E-state index contributed by atoms with van der Waals surface area (Å²) in [6.45, 7) is 2.98. The first-order valence-electron chi connectivity index (χ1n) is 6.78. The first-order chi connectivity index (χ1) is 9.74. The van der Waals surface area contributed by atoms with E-state index in [1.807, 2.05) is 19.1 Å². The topological polar surface area (TPSA) is 59.1 Å². The van der Waals surface area contributed by atoms with Gasteiger partial charge in [-0.3, -0.25) is 0 Å². The van der Waals surface area contributed by atoms with Gasteiger partial charge in [-0.1, -0.05) is 0 Å². The van der Waals surface area contributed by atoms with Crippen molar-refractivity contribution in [3.05, 3.63) is 35.5 Å². The average Bonchev–Trinajstić information content (AvgIpc) is 2.46. The fourth-order valence-electron chi connectivity index (χ4n) is 2.38. The number of methoxy groups -OCH3 is 1. The van der Waals surface area contributed by atoms with Gasteiger partial charge in [0.05, 0.1) is 7.11 Å². The van der Waals surface area contributed by atoms with E-state index >= 15 is 0 Å². The number of hydrogen-bond acceptors (Lipinski definition) is 5. The van der Waals surface area contributed by atoms with Crippen LogP contribution in [0.15, 0.2) is 24.3 Å². The molecule has 1 aliphatic heterocycles. The second-order valence-corrected chi connectivity index (χ2v) is 4.90. The van der Waals surface area contributed by atoms with E-state index in [9.17, 15) is 0 Å². The number of aromatic nitrogens is 2. The summed E-state index contributed by atoms with van der Waals surface area (Å²) in [5.41, 5.74) is 4.43. The maximum Gasteiger partial charge on any atom is 0.230 e. The van der Waals surface area contributed by atoms with Crippen molar-refractivity contribution in [2.75, 3.05) is 24.3 Å². The molecule has 0 unspecified atom stereocenters. The molecule has 1 aromatic heterocycles. The van der Waals surface area contributed by atoms with Gasteiger partial charge in [-0.2, -0.15) is 4.98 Å². The van der Waals surface area contributed by atoms with Crippen LogP contribution in [0.4, 0.5) is 17.3 Å². The molecule has 0 saturated heterocycles. The van der Waals surface area contributed by atoms with Gasteiger partial charge in [0.25, 0.3) is 0 Å². The lowest BCUT2D eigenvalue weighted by Crippen LogP contribution is -2.11. The van der Waals surface area contributed by atoms with Crippen LogP contribution < -0.4 is 15.4 Å². The molecule has 104 valence electrons. The molecule has 0 aliphatic carbocycles. The van der Waals surface area contributed by atoms with Crippen molar-refractivity contribution in [2.45, 2.75) is 19.8 Å². The summed E-state index contributed by atoms with van der Waals surface area (Å²) < 4.78 is 5.16. The molecular formula is C15H18N4O. The molecule has 2 aromatic rings. The van der Waals surface area contributed by atoms with E-state index < -0.39 is 0 Å². The predicted octanol–water partition coefficient (Wildman–Crippen LogP) is 2.90. The highest BCUT2D eigenvalue weighted by atomic mass is 16.5. The summed E-state index contributed by atoms with van der Waals surface area (Å²) in [7, 11) is 1.61. The normalized spacial score (nSPS) is 13.3. The Balaban J connectivity index is 1.85. The highest BCUT2D eigenvalue weighted by Gasteiger charge is 2.09. The first-order valence-corrected chi connectivity index (χ1v) is 6.78. The molecule has 1 aromatic carbocycles. The van der Waals surface area contributed by atoms with Gasteiger partial charge in [-0.15, -0.1) is 0 Å². The van der Waals surface area contributed by atoms with Crippen LogP contribution in [0.3, 0.4) is 0 Å². The molecule has 0 bridgehead atoms. The molecule has 2 heterocycles. The van der Waals surface area contributed by atoms with Crippen molar-refractivity contribution >= 4 is 17.3 Å². The number of benzene rings is 1. The Morgan fingerprint density at radius 2 is 2.15 bits per heavy atom. The zero-order valence-electron chi connectivity index (χ0n) is 11.7. The number of ether oxygens (including phenoxy) is 1. The smallest absolute Gasteiger partial charge is 0.230 e. The van der Waals surface area contributed by atoms with Gasteiger partial charge in [-0.25, -0.2) is 4.98 Å². The second kappa shape index (κ2) is 5.36. The van der Waals surface area contributed by atoms with Crippen molar-refractivity contribution in [1.82, 2.24) is 9.97 Å². The minimum atomic E-state index is 0.561. The van der Waals surface area contributed by atoms with Crippen molar-refractivity contribution in [3.63, 3.8) is 0 Å². The van der Waals surface area contributed by atoms with Crippen LogP contribution in [0, 0.1) is 6.92 Å². The van der Waals surface area contributed by atoms with Crippen LogP contribution in [-0.2, 0) is 6.42 Å². The number of nitrogens with one attached hydrogen (secondary N) is 2. The number of hydrogen-bond donors (Lipinski definition) is 2. The molecule has 0 atom stereocenters. The Morgan fingerprint density at radius 3 is 3.00 bits per heavy atom. The zero-order chi connectivity index (χ0) is 13.9. The van der Waals surface area contributed by atoms with Gasteiger partial charge in [0, 0.05) is 29.7 Å². The van der Waals surface area contributed by atoms with Gasteiger partial charge in [0.15, 0.2) is 0 Å². The maximum atomic E-state index is 5.16. The number of nitrogens with zero attached hydrogens (tertiary/aromatic N) is 2. The summed E-state index contributed by atoms with van der Waals surface area (Å²) in [4.78, 5) is 8.67. The molecule has 0 radical (unpaired) electrons. The summed E-state index contributed by atoms with van der Waals surface area (Å²) >= 11 is 0. The lowest BCUT2D eigenvalue weighted by molar-refractivity contribution is 0.397. The molecule has 0 fully saturated rings. The first kappa shape index (κ1) is 12.7. The standard InChI is InChI=1S/C15H18N4O/c1-10-8-14(20-2)19-15(17-10)18-12-5-6-13-11(9-12)4-3-7-16-13/h5-6,8-9,16H,3-4,7H2,1-2H3,(H,17,18,19). The minimum Gasteiger partial charge on any atom is -0.481 e. The quantitative estimate of drug-likeness (QED) is 0.898. The lowest BCUT2D eigenvalue weighted by Gasteiger charge is -2.18. The molecule has 20 heavy (non-hydrogen) atoms. The largest absolute Gasteiger partial charge is 0.481 e. The predicted molar refractivity (Wildman–Crippen MR) is 79.9 cm³/mol. The third-order valence-corrected chi connectivity index (χ3v) is 3.34. The van der Waals surface area contributed by atoms with E-state index in [1.54, 1.807) is 7.11 Å². The fraction of sp³-hybridized carbons (Fsp3) is 0.333. The molecule has 5 heteroatoms. The van der Waals surface area contributed by atoms with Crippen molar-refractivity contribution in [3.8, 4) is 5.88 Å². The highest BCUT2D eigenvalue weighted by molar-refractivity contribution is 5.63. The van der Waals surface area contributed by atoms with E-state index in [1.165, 1.54) is 17.7 Å². The van der Waals surface area contributed by atoms with E-state index in [-0.39, 0.29) is 0 Å². The van der Waals surface area contributed by atoms with Gasteiger partial charge in [0.2, 0.25) is 11.8 Å². The summed E-state index contributed by atoms with van der Waals surface area (Å²) in [6, 6.07) is 8.10. The summed E-state index contributed by atoms with van der Waals surface area (Å²) in [5.74, 6) is 1.13. The van der Waals surface area contributed by atoms with Crippen molar-refractivity contribution in [1.29, 1.82) is 0 Å². The number of aryl methyl sites for hydroxylation is 2. The molecule has 5 nitrogen and oxygen atoms in total. The van der Waals surface area contributed by atoms with Gasteiger partial charge < -0.3 is 15.4 Å². The van der Waals surface area contributed by atoms with Gasteiger partial charge in [-0.05, 0) is 43.5 Å². The fourth-order valence-corrected chi connectivity index (χ4v) is 2.38. The van der Waals surface area contributed by atoms with E-state index in [0.717, 1.165) is 24.3 Å². The highest BCUT2D eigenvalue weighted by Crippen LogP contribution is 2.26. The molecule has 0 saturated carbocycles. The summed E-state index contributed by atoms with van der Waals surface area (Å²) in [5, 5.41) is 6.64. The second-order valence-electron chi connectivity index (χ2n) is 4.90. The molecule has 2 N–H and O–H groups in total. The van der Waals surface area contributed by atoms with E-state index in [0.29, 0.717) is 11.8 Å². The minimum absolute atomic E-state index is 0.561. The average molecular weight is 270 g/mol. The Bertz CT molecular complexity index is 627. The monoisotopic (exact) mass is 270 g/mol. The van der Waals surface area contributed by atoms with E-state index in [4.69, 9.17) is 4.74 Å². The number of rotatable bonds is 3. The zero-order valence-corrected chi connectivity index (χ0v) is 11.7. The number of anilines is 3. The Labute approximate surface area is 118 Å². The van der Waals surface area contributed by atoms with Crippen LogP contribution in [0.1, 0.15) is 17.7 Å². The molecule has 0 amide bonds. The third kappa shape index (κ3) is 2.66. The van der Waals surface area contributed by atoms with Crippen LogP contribution in [0.5, 0.6) is 5.88 Å². The molecule has 1 aliphatic rings. The molecule has 3 rings (SSSR count). The maximum absolute atomic E-state index is 5.16.